The number of aromatic carboxylic acids is 1. The van der Waals surface area contributed by atoms with Crippen LogP contribution in [0, 0.1) is 19.8 Å². The molecule has 7 nitrogen and oxygen atoms in total. The molecule has 0 spiro atoms. The molecule has 0 radical (unpaired) electrons. The standard InChI is InChI=1S/C19H21N3O4/c1-10(2)17(23)21-13-6-5-11(3)16(9-13)22-18(24)15-8-7-14(19(25)26)12(4)20-15/h5-10H,1-4H3,(H,21,23)(H,22,24)(H,25,26). The third-order valence-electron chi connectivity index (χ3n) is 3.83. The van der Waals surface area contributed by atoms with Gasteiger partial charge in [-0.25, -0.2) is 9.78 Å². The second-order valence-corrected chi connectivity index (χ2v) is 6.26. The molecular weight excluding hydrogens is 334 g/mol. The molecule has 136 valence electrons. The van der Waals surface area contributed by atoms with E-state index in [4.69, 9.17) is 5.11 Å². The summed E-state index contributed by atoms with van der Waals surface area (Å²) in [5, 5.41) is 14.6. The number of carbonyl (C=O) groups excluding carboxylic acids is 2. The van der Waals surface area contributed by atoms with Gasteiger partial charge < -0.3 is 15.7 Å². The maximum Gasteiger partial charge on any atom is 0.337 e. The number of aromatic nitrogens is 1. The van der Waals surface area contributed by atoms with Gasteiger partial charge in [-0.05, 0) is 43.7 Å². The van der Waals surface area contributed by atoms with Crippen molar-refractivity contribution in [2.24, 2.45) is 5.92 Å². The lowest BCUT2D eigenvalue weighted by atomic mass is 10.1. The first kappa shape index (κ1) is 19.1. The van der Waals surface area contributed by atoms with E-state index in [0.29, 0.717) is 11.4 Å². The van der Waals surface area contributed by atoms with Crippen LogP contribution in [0.3, 0.4) is 0 Å². The number of rotatable bonds is 5. The lowest BCUT2D eigenvalue weighted by molar-refractivity contribution is -0.118. The van der Waals surface area contributed by atoms with Crippen LogP contribution in [0.4, 0.5) is 11.4 Å². The van der Waals surface area contributed by atoms with E-state index in [1.165, 1.54) is 19.1 Å². The van der Waals surface area contributed by atoms with Gasteiger partial charge in [0.15, 0.2) is 0 Å². The van der Waals surface area contributed by atoms with Crippen LogP contribution < -0.4 is 10.6 Å². The maximum atomic E-state index is 12.4. The number of aryl methyl sites for hydroxylation is 2. The number of hydrogen-bond donors (Lipinski definition) is 3. The molecule has 2 rings (SSSR count). The zero-order valence-electron chi connectivity index (χ0n) is 15.1. The summed E-state index contributed by atoms with van der Waals surface area (Å²) in [4.78, 5) is 39.3. The van der Waals surface area contributed by atoms with Crippen LogP contribution in [-0.4, -0.2) is 27.9 Å². The van der Waals surface area contributed by atoms with Gasteiger partial charge in [0, 0.05) is 17.3 Å². The second kappa shape index (κ2) is 7.77. The summed E-state index contributed by atoms with van der Waals surface area (Å²) in [6.07, 6.45) is 0. The number of carboxylic acids is 1. The molecule has 7 heteroatoms. The monoisotopic (exact) mass is 355 g/mol. The number of nitrogens with zero attached hydrogens (tertiary/aromatic N) is 1. The van der Waals surface area contributed by atoms with Gasteiger partial charge >= 0.3 is 5.97 Å². The lowest BCUT2D eigenvalue weighted by Crippen LogP contribution is -2.19. The molecule has 0 aliphatic carbocycles. The Morgan fingerprint density at radius 2 is 1.73 bits per heavy atom. The van der Waals surface area contributed by atoms with Gasteiger partial charge in [0.25, 0.3) is 5.91 Å². The maximum absolute atomic E-state index is 12.4. The second-order valence-electron chi connectivity index (χ2n) is 6.26. The molecule has 0 fully saturated rings. The molecule has 1 aromatic carbocycles. The molecule has 26 heavy (non-hydrogen) atoms. The van der Waals surface area contributed by atoms with Crippen molar-refractivity contribution in [1.29, 1.82) is 0 Å². The van der Waals surface area contributed by atoms with E-state index in [1.807, 2.05) is 6.92 Å². The Morgan fingerprint density at radius 3 is 2.31 bits per heavy atom. The predicted molar refractivity (Wildman–Crippen MR) is 98.5 cm³/mol. The van der Waals surface area contributed by atoms with Gasteiger partial charge in [0.05, 0.1) is 11.3 Å². The summed E-state index contributed by atoms with van der Waals surface area (Å²) in [7, 11) is 0. The van der Waals surface area contributed by atoms with Gasteiger partial charge in [0.2, 0.25) is 5.91 Å². The van der Waals surface area contributed by atoms with Gasteiger partial charge in [-0.15, -0.1) is 0 Å². The Hall–Kier alpha value is -3.22. The summed E-state index contributed by atoms with van der Waals surface area (Å²) >= 11 is 0. The zero-order valence-corrected chi connectivity index (χ0v) is 15.1. The zero-order chi connectivity index (χ0) is 19.4. The normalized spacial score (nSPS) is 10.5. The van der Waals surface area contributed by atoms with E-state index in [2.05, 4.69) is 15.6 Å². The number of hydrogen-bond acceptors (Lipinski definition) is 4. The molecule has 3 N–H and O–H groups in total. The molecule has 0 aliphatic rings. The van der Waals surface area contributed by atoms with Crippen molar-refractivity contribution < 1.29 is 19.5 Å². The van der Waals surface area contributed by atoms with Crippen molar-refractivity contribution in [2.45, 2.75) is 27.7 Å². The van der Waals surface area contributed by atoms with Crippen LogP contribution >= 0.6 is 0 Å². The molecule has 0 saturated heterocycles. The average Bonchev–Trinajstić information content (AvgIpc) is 2.57. The van der Waals surface area contributed by atoms with E-state index in [0.717, 1.165) is 5.56 Å². The van der Waals surface area contributed by atoms with Crippen molar-refractivity contribution >= 4 is 29.2 Å². The van der Waals surface area contributed by atoms with Gasteiger partial charge in [-0.2, -0.15) is 0 Å². The van der Waals surface area contributed by atoms with E-state index >= 15 is 0 Å². The van der Waals surface area contributed by atoms with Gasteiger partial charge in [-0.3, -0.25) is 9.59 Å². The SMILES string of the molecule is Cc1ccc(NC(=O)C(C)C)cc1NC(=O)c1ccc(C(=O)O)c(C)n1. The Labute approximate surface area is 151 Å². The average molecular weight is 355 g/mol. The predicted octanol–water partition coefficient (Wildman–Crippen LogP) is 3.24. The molecule has 1 aromatic heterocycles. The molecular formula is C19H21N3O4. The molecule has 2 amide bonds. The van der Waals surface area contributed by atoms with Crippen molar-refractivity contribution in [2.75, 3.05) is 10.6 Å². The van der Waals surface area contributed by atoms with E-state index in [1.54, 1.807) is 32.0 Å². The molecule has 2 aromatic rings. The molecule has 0 unspecified atom stereocenters. The third-order valence-corrected chi connectivity index (χ3v) is 3.83. The van der Waals surface area contributed by atoms with Crippen LogP contribution in [0.1, 0.15) is 46.0 Å². The summed E-state index contributed by atoms with van der Waals surface area (Å²) < 4.78 is 0. The number of carboxylic acid groups (broad SMARTS) is 1. The number of benzene rings is 1. The summed E-state index contributed by atoms with van der Waals surface area (Å²) in [6, 6.07) is 7.94. The summed E-state index contributed by atoms with van der Waals surface area (Å²) in [5.74, 6) is -1.83. The first-order valence-corrected chi connectivity index (χ1v) is 8.13. The van der Waals surface area contributed by atoms with Crippen LogP contribution in [0.5, 0.6) is 0 Å². The fourth-order valence-electron chi connectivity index (χ4n) is 2.22. The van der Waals surface area contributed by atoms with E-state index in [-0.39, 0.29) is 28.8 Å². The largest absolute Gasteiger partial charge is 0.478 e. The third kappa shape index (κ3) is 4.44. The Balaban J connectivity index is 2.22. The highest BCUT2D eigenvalue weighted by Gasteiger charge is 2.15. The quantitative estimate of drug-likeness (QED) is 0.763. The minimum absolute atomic E-state index is 0.0520. The van der Waals surface area contributed by atoms with Crippen LogP contribution in [0.15, 0.2) is 30.3 Å². The highest BCUT2D eigenvalue weighted by Crippen LogP contribution is 2.21. The molecule has 0 saturated carbocycles. The number of anilines is 2. The van der Waals surface area contributed by atoms with Crippen molar-refractivity contribution in [1.82, 2.24) is 4.98 Å². The highest BCUT2D eigenvalue weighted by molar-refractivity contribution is 6.04. The summed E-state index contributed by atoms with van der Waals surface area (Å²) in [5.41, 5.74) is 2.37. The van der Waals surface area contributed by atoms with Gasteiger partial charge in [0.1, 0.15) is 5.69 Å². The first-order valence-electron chi connectivity index (χ1n) is 8.13. The fraction of sp³-hybridized carbons (Fsp3) is 0.263. The van der Waals surface area contributed by atoms with E-state index < -0.39 is 11.9 Å². The van der Waals surface area contributed by atoms with Crippen LogP contribution in [-0.2, 0) is 4.79 Å². The number of amides is 2. The molecule has 0 aliphatic heterocycles. The summed E-state index contributed by atoms with van der Waals surface area (Å²) in [6.45, 7) is 6.95. The topological polar surface area (TPSA) is 108 Å². The minimum atomic E-state index is -1.09. The molecule has 0 bridgehead atoms. The molecule has 1 heterocycles. The van der Waals surface area contributed by atoms with Gasteiger partial charge in [-0.1, -0.05) is 19.9 Å². The van der Waals surface area contributed by atoms with E-state index in [9.17, 15) is 14.4 Å². The van der Waals surface area contributed by atoms with Crippen LogP contribution in [0.2, 0.25) is 0 Å². The number of pyridine rings is 1. The Bertz CT molecular complexity index is 875. The Morgan fingerprint density at radius 1 is 1.04 bits per heavy atom. The number of nitrogens with one attached hydrogen (secondary N) is 2. The smallest absolute Gasteiger partial charge is 0.337 e. The minimum Gasteiger partial charge on any atom is -0.478 e. The van der Waals surface area contributed by atoms with Crippen molar-refractivity contribution in [3.05, 3.63) is 52.8 Å². The molecule has 0 atom stereocenters. The van der Waals surface area contributed by atoms with Crippen LogP contribution in [0.25, 0.3) is 0 Å². The fourth-order valence-corrected chi connectivity index (χ4v) is 2.22. The lowest BCUT2D eigenvalue weighted by Gasteiger charge is -2.13. The highest BCUT2D eigenvalue weighted by atomic mass is 16.4. The van der Waals surface area contributed by atoms with Crippen molar-refractivity contribution in [3.63, 3.8) is 0 Å². The van der Waals surface area contributed by atoms with Crippen molar-refractivity contribution in [3.8, 4) is 0 Å². The first-order chi connectivity index (χ1) is 12.2. The Kier molecular flexibility index (Phi) is 5.71. The number of carbonyl (C=O) groups is 3.